The third-order valence-corrected chi connectivity index (χ3v) is 3.97. The van der Waals surface area contributed by atoms with Crippen LogP contribution in [0.5, 0.6) is 0 Å². The van der Waals surface area contributed by atoms with E-state index in [2.05, 4.69) is 10.3 Å². The van der Waals surface area contributed by atoms with Crippen LogP contribution in [-0.2, 0) is 4.74 Å². The molecule has 1 aromatic heterocycles. The average Bonchev–Trinajstić information content (AvgIpc) is 2.57. The summed E-state index contributed by atoms with van der Waals surface area (Å²) >= 11 is 0. The minimum Gasteiger partial charge on any atom is -0.444 e. The van der Waals surface area contributed by atoms with E-state index in [1.165, 1.54) is 0 Å². The van der Waals surface area contributed by atoms with Crippen molar-refractivity contribution in [2.45, 2.75) is 32.4 Å². The van der Waals surface area contributed by atoms with E-state index < -0.39 is 5.60 Å². The second kappa shape index (κ2) is 7.15. The van der Waals surface area contributed by atoms with Gasteiger partial charge in [0.05, 0.1) is 6.04 Å². The predicted molar refractivity (Wildman–Crippen MR) is 98.7 cm³/mol. The van der Waals surface area contributed by atoms with Crippen molar-refractivity contribution in [1.29, 1.82) is 0 Å². The topological polar surface area (TPSA) is 71.5 Å². The van der Waals surface area contributed by atoms with Crippen LogP contribution in [0.25, 0.3) is 11.1 Å². The van der Waals surface area contributed by atoms with Crippen LogP contribution in [0.4, 0.5) is 4.79 Å². The zero-order valence-electron chi connectivity index (χ0n) is 15.2. The highest BCUT2D eigenvalue weighted by Crippen LogP contribution is 2.18. The van der Waals surface area contributed by atoms with Crippen molar-refractivity contribution in [3.63, 3.8) is 0 Å². The third-order valence-electron chi connectivity index (χ3n) is 3.97. The molecule has 2 aromatic rings. The maximum Gasteiger partial charge on any atom is 0.410 e. The van der Waals surface area contributed by atoms with Crippen molar-refractivity contribution in [3.05, 3.63) is 54.4 Å². The Labute approximate surface area is 153 Å². The second-order valence-corrected chi connectivity index (χ2v) is 7.35. The lowest BCUT2D eigenvalue weighted by Crippen LogP contribution is -2.61. The molecular weight excluding hydrogens is 330 g/mol. The molecule has 0 spiro atoms. The highest BCUT2D eigenvalue weighted by molar-refractivity contribution is 5.93. The maximum absolute atomic E-state index is 12.3. The summed E-state index contributed by atoms with van der Waals surface area (Å²) in [6.45, 7) is 6.38. The number of ether oxygens (including phenoxy) is 1. The molecule has 26 heavy (non-hydrogen) atoms. The van der Waals surface area contributed by atoms with Gasteiger partial charge in [-0.3, -0.25) is 9.78 Å². The summed E-state index contributed by atoms with van der Waals surface area (Å²) in [5.41, 5.74) is 1.86. The van der Waals surface area contributed by atoms with Crippen LogP contribution >= 0.6 is 0 Å². The van der Waals surface area contributed by atoms with Gasteiger partial charge in [-0.2, -0.15) is 0 Å². The van der Waals surface area contributed by atoms with Gasteiger partial charge in [0.25, 0.3) is 5.91 Å². The predicted octanol–water partition coefficient (Wildman–Crippen LogP) is 3.10. The summed E-state index contributed by atoms with van der Waals surface area (Å²) in [6.07, 6.45) is 1.34. The number of benzene rings is 1. The fourth-order valence-corrected chi connectivity index (χ4v) is 2.63. The SMILES string of the molecule is CC(C)(C)OC(=O)N1CC(NC(=O)c2ccc(-c3ccccc3)cn2)C1. The molecule has 0 saturated carbocycles. The first kappa shape index (κ1) is 17.9. The Bertz CT molecular complexity index is 776. The Kier molecular flexibility index (Phi) is 4.93. The molecule has 1 N–H and O–H groups in total. The van der Waals surface area contributed by atoms with Crippen LogP contribution < -0.4 is 5.32 Å². The Balaban J connectivity index is 1.51. The van der Waals surface area contributed by atoms with E-state index in [-0.39, 0.29) is 18.0 Å². The van der Waals surface area contributed by atoms with Gasteiger partial charge in [0.15, 0.2) is 0 Å². The average molecular weight is 353 g/mol. The largest absolute Gasteiger partial charge is 0.444 e. The molecule has 6 heteroatoms. The van der Waals surface area contributed by atoms with Crippen molar-refractivity contribution in [1.82, 2.24) is 15.2 Å². The monoisotopic (exact) mass is 353 g/mol. The molecule has 0 unspecified atom stereocenters. The highest BCUT2D eigenvalue weighted by atomic mass is 16.6. The molecule has 0 atom stereocenters. The maximum atomic E-state index is 12.3. The Morgan fingerprint density at radius 3 is 2.35 bits per heavy atom. The number of nitrogens with one attached hydrogen (secondary N) is 1. The lowest BCUT2D eigenvalue weighted by molar-refractivity contribution is 0.00531. The van der Waals surface area contributed by atoms with Crippen LogP contribution in [0.15, 0.2) is 48.7 Å². The quantitative estimate of drug-likeness (QED) is 0.920. The summed E-state index contributed by atoms with van der Waals surface area (Å²) in [5, 5.41) is 2.89. The minimum atomic E-state index is -0.518. The van der Waals surface area contributed by atoms with Gasteiger partial charge in [0.1, 0.15) is 11.3 Å². The Morgan fingerprint density at radius 1 is 1.08 bits per heavy atom. The summed E-state index contributed by atoms with van der Waals surface area (Å²) in [6, 6.07) is 13.4. The van der Waals surface area contributed by atoms with Crippen LogP contribution in [0.3, 0.4) is 0 Å². The lowest BCUT2D eigenvalue weighted by Gasteiger charge is -2.39. The molecule has 1 aliphatic heterocycles. The van der Waals surface area contributed by atoms with Gasteiger partial charge in [-0.25, -0.2) is 4.79 Å². The molecular formula is C20H23N3O3. The smallest absolute Gasteiger partial charge is 0.410 e. The van der Waals surface area contributed by atoms with Gasteiger partial charge in [-0.1, -0.05) is 36.4 Å². The fourth-order valence-electron chi connectivity index (χ4n) is 2.63. The zero-order chi connectivity index (χ0) is 18.7. The van der Waals surface area contributed by atoms with E-state index in [9.17, 15) is 9.59 Å². The van der Waals surface area contributed by atoms with Gasteiger partial charge < -0.3 is 15.0 Å². The number of carbonyl (C=O) groups excluding carboxylic acids is 2. The number of likely N-dealkylation sites (tertiary alicyclic amines) is 1. The van der Waals surface area contributed by atoms with Crippen molar-refractivity contribution in [2.24, 2.45) is 0 Å². The molecule has 0 bridgehead atoms. The first-order chi connectivity index (χ1) is 12.3. The summed E-state index contributed by atoms with van der Waals surface area (Å²) in [4.78, 5) is 30.0. The zero-order valence-corrected chi connectivity index (χ0v) is 15.2. The second-order valence-electron chi connectivity index (χ2n) is 7.35. The van der Waals surface area contributed by atoms with Gasteiger partial charge in [-0.15, -0.1) is 0 Å². The summed E-state index contributed by atoms with van der Waals surface area (Å²) < 4.78 is 5.30. The van der Waals surface area contributed by atoms with Crippen LogP contribution in [-0.4, -0.2) is 46.6 Å². The number of hydrogen-bond acceptors (Lipinski definition) is 4. The molecule has 1 fully saturated rings. The number of rotatable bonds is 3. The number of hydrogen-bond donors (Lipinski definition) is 1. The van der Waals surface area contributed by atoms with Gasteiger partial charge >= 0.3 is 6.09 Å². The van der Waals surface area contributed by atoms with E-state index in [0.717, 1.165) is 11.1 Å². The number of carbonyl (C=O) groups is 2. The van der Waals surface area contributed by atoms with E-state index in [4.69, 9.17) is 4.74 Å². The fraction of sp³-hybridized carbons (Fsp3) is 0.350. The Hall–Kier alpha value is -2.89. The Morgan fingerprint density at radius 2 is 1.77 bits per heavy atom. The molecule has 136 valence electrons. The molecule has 1 aliphatic rings. The number of nitrogens with zero attached hydrogens (tertiary/aromatic N) is 2. The molecule has 1 saturated heterocycles. The van der Waals surface area contributed by atoms with E-state index in [0.29, 0.717) is 18.8 Å². The number of amides is 2. The lowest BCUT2D eigenvalue weighted by atomic mass is 10.1. The summed E-state index contributed by atoms with van der Waals surface area (Å²) in [5.74, 6) is -0.238. The first-order valence-corrected chi connectivity index (χ1v) is 8.62. The van der Waals surface area contributed by atoms with Crippen LogP contribution in [0.1, 0.15) is 31.3 Å². The molecule has 0 radical (unpaired) electrons. The normalized spacial score (nSPS) is 14.5. The molecule has 1 aromatic carbocycles. The van der Waals surface area contributed by atoms with Crippen LogP contribution in [0, 0.1) is 0 Å². The van der Waals surface area contributed by atoms with E-state index in [1.807, 2.05) is 57.2 Å². The van der Waals surface area contributed by atoms with Crippen molar-refractivity contribution >= 4 is 12.0 Å². The van der Waals surface area contributed by atoms with Crippen molar-refractivity contribution in [2.75, 3.05) is 13.1 Å². The standard InChI is InChI=1S/C20H23N3O3/c1-20(2,3)26-19(25)23-12-16(13-23)22-18(24)17-10-9-15(11-21-17)14-7-5-4-6-8-14/h4-11,16H,12-13H2,1-3H3,(H,22,24). The first-order valence-electron chi connectivity index (χ1n) is 8.62. The summed E-state index contributed by atoms with van der Waals surface area (Å²) in [7, 11) is 0. The highest BCUT2D eigenvalue weighted by Gasteiger charge is 2.34. The molecule has 2 heterocycles. The van der Waals surface area contributed by atoms with Crippen LogP contribution in [0.2, 0.25) is 0 Å². The number of pyridine rings is 1. The van der Waals surface area contributed by atoms with Crippen molar-refractivity contribution in [3.8, 4) is 11.1 Å². The third kappa shape index (κ3) is 4.39. The minimum absolute atomic E-state index is 0.0781. The molecule has 0 aliphatic carbocycles. The van der Waals surface area contributed by atoms with Gasteiger partial charge in [0.2, 0.25) is 0 Å². The van der Waals surface area contributed by atoms with Crippen molar-refractivity contribution < 1.29 is 14.3 Å². The van der Waals surface area contributed by atoms with Gasteiger partial charge in [-0.05, 0) is 32.4 Å². The van der Waals surface area contributed by atoms with E-state index in [1.54, 1.807) is 17.2 Å². The number of aromatic nitrogens is 1. The molecule has 6 nitrogen and oxygen atoms in total. The molecule has 3 rings (SSSR count). The van der Waals surface area contributed by atoms with Gasteiger partial charge in [0, 0.05) is 24.8 Å². The van der Waals surface area contributed by atoms with E-state index >= 15 is 0 Å². The molecule has 2 amide bonds.